The van der Waals surface area contributed by atoms with Gasteiger partial charge in [0.05, 0.1) is 18.6 Å². The fourth-order valence-corrected chi connectivity index (χ4v) is 2.66. The van der Waals surface area contributed by atoms with Crippen molar-refractivity contribution >= 4 is 5.97 Å². The number of aryl methyl sites for hydroxylation is 1. The Labute approximate surface area is 114 Å². The molecule has 0 aromatic carbocycles. The number of rotatable bonds is 5. The first-order valence-electron chi connectivity index (χ1n) is 7.16. The zero-order valence-electron chi connectivity index (χ0n) is 11.8. The van der Waals surface area contributed by atoms with Gasteiger partial charge in [0.25, 0.3) is 0 Å². The Morgan fingerprint density at radius 3 is 3.05 bits per heavy atom. The van der Waals surface area contributed by atoms with Crippen molar-refractivity contribution in [3.63, 3.8) is 0 Å². The average Bonchev–Trinajstić information content (AvgIpc) is 2.87. The molecular formula is C14H23N3O2. The molecule has 1 atom stereocenters. The molecule has 1 fully saturated rings. The van der Waals surface area contributed by atoms with Gasteiger partial charge in [-0.05, 0) is 33.2 Å². The number of carbonyl (C=O) groups is 1. The zero-order chi connectivity index (χ0) is 13.7. The number of esters is 1. The smallest absolute Gasteiger partial charge is 0.323 e. The zero-order valence-corrected chi connectivity index (χ0v) is 11.8. The van der Waals surface area contributed by atoms with Crippen LogP contribution in [0.4, 0.5) is 0 Å². The normalized spacial score (nSPS) is 20.4. The molecule has 0 aliphatic carbocycles. The van der Waals surface area contributed by atoms with Crippen molar-refractivity contribution in [2.75, 3.05) is 13.2 Å². The molecule has 1 saturated heterocycles. The Morgan fingerprint density at radius 2 is 2.32 bits per heavy atom. The van der Waals surface area contributed by atoms with Crippen molar-refractivity contribution in [2.24, 2.45) is 0 Å². The standard InChI is InChI=1S/C14H23N3O2/c1-3-16-11-15-9-12(16)10-17-8-6-5-7-13(17)14(18)19-4-2/h9,11,13H,3-8,10H2,1-2H3. The predicted molar refractivity (Wildman–Crippen MR) is 72.6 cm³/mol. The maximum Gasteiger partial charge on any atom is 0.323 e. The summed E-state index contributed by atoms with van der Waals surface area (Å²) in [6.45, 7) is 7.06. The van der Waals surface area contributed by atoms with Gasteiger partial charge in [-0.25, -0.2) is 4.98 Å². The first-order valence-corrected chi connectivity index (χ1v) is 7.16. The van der Waals surface area contributed by atoms with Gasteiger partial charge in [-0.3, -0.25) is 9.69 Å². The lowest BCUT2D eigenvalue weighted by molar-refractivity contribution is -0.151. The third kappa shape index (κ3) is 3.35. The molecule has 5 heteroatoms. The molecule has 1 aromatic rings. The maximum atomic E-state index is 12.0. The van der Waals surface area contributed by atoms with Crippen LogP contribution in [-0.2, 0) is 22.6 Å². The maximum absolute atomic E-state index is 12.0. The van der Waals surface area contributed by atoms with E-state index in [9.17, 15) is 4.79 Å². The van der Waals surface area contributed by atoms with Gasteiger partial charge in [-0.2, -0.15) is 0 Å². The summed E-state index contributed by atoms with van der Waals surface area (Å²) in [5.74, 6) is -0.0789. The van der Waals surface area contributed by atoms with Crippen LogP contribution in [0.25, 0.3) is 0 Å². The number of carbonyl (C=O) groups excluding carboxylic acids is 1. The molecule has 0 N–H and O–H groups in total. The van der Waals surface area contributed by atoms with Gasteiger partial charge in [-0.1, -0.05) is 6.42 Å². The second kappa shape index (κ2) is 6.70. The monoisotopic (exact) mass is 265 g/mol. The van der Waals surface area contributed by atoms with E-state index in [1.54, 1.807) is 0 Å². The van der Waals surface area contributed by atoms with E-state index in [1.807, 2.05) is 19.4 Å². The first kappa shape index (κ1) is 14.1. The Balaban J connectivity index is 2.05. The fraction of sp³-hybridized carbons (Fsp3) is 0.714. The van der Waals surface area contributed by atoms with E-state index in [0.717, 1.165) is 38.9 Å². The van der Waals surface area contributed by atoms with Crippen LogP contribution in [0.5, 0.6) is 0 Å². The Kier molecular flexibility index (Phi) is 4.96. The third-order valence-corrected chi connectivity index (χ3v) is 3.68. The number of piperidine rings is 1. The fourth-order valence-electron chi connectivity index (χ4n) is 2.66. The van der Waals surface area contributed by atoms with Gasteiger partial charge >= 0.3 is 5.97 Å². The summed E-state index contributed by atoms with van der Waals surface area (Å²) in [6, 6.07) is -0.0890. The lowest BCUT2D eigenvalue weighted by Gasteiger charge is -2.33. The molecule has 19 heavy (non-hydrogen) atoms. The van der Waals surface area contributed by atoms with Crippen molar-refractivity contribution in [3.05, 3.63) is 18.2 Å². The molecule has 5 nitrogen and oxygen atoms in total. The third-order valence-electron chi connectivity index (χ3n) is 3.68. The summed E-state index contributed by atoms with van der Waals surface area (Å²) >= 11 is 0. The second-order valence-electron chi connectivity index (χ2n) is 4.91. The molecule has 1 aliphatic rings. The molecular weight excluding hydrogens is 242 g/mol. The number of likely N-dealkylation sites (tertiary alicyclic amines) is 1. The van der Waals surface area contributed by atoms with Crippen LogP contribution in [0, 0.1) is 0 Å². The van der Waals surface area contributed by atoms with Gasteiger partial charge in [0.15, 0.2) is 0 Å². The number of hydrogen-bond donors (Lipinski definition) is 0. The van der Waals surface area contributed by atoms with Gasteiger partial charge in [0.2, 0.25) is 0 Å². The lowest BCUT2D eigenvalue weighted by Crippen LogP contribution is -2.45. The second-order valence-corrected chi connectivity index (χ2v) is 4.91. The Morgan fingerprint density at radius 1 is 1.47 bits per heavy atom. The topological polar surface area (TPSA) is 47.4 Å². The van der Waals surface area contributed by atoms with Crippen LogP contribution in [-0.4, -0.2) is 39.6 Å². The minimum Gasteiger partial charge on any atom is -0.465 e. The highest BCUT2D eigenvalue weighted by molar-refractivity contribution is 5.75. The number of nitrogens with zero attached hydrogens (tertiary/aromatic N) is 3. The highest BCUT2D eigenvalue weighted by atomic mass is 16.5. The van der Waals surface area contributed by atoms with Crippen LogP contribution < -0.4 is 0 Å². The highest BCUT2D eigenvalue weighted by Gasteiger charge is 2.30. The summed E-state index contributed by atoms with van der Waals surface area (Å²) in [5, 5.41) is 0. The quantitative estimate of drug-likeness (QED) is 0.762. The minimum atomic E-state index is -0.0890. The van der Waals surface area contributed by atoms with Gasteiger partial charge < -0.3 is 9.30 Å². The molecule has 1 aromatic heterocycles. The average molecular weight is 265 g/mol. The van der Waals surface area contributed by atoms with Crippen LogP contribution >= 0.6 is 0 Å². The minimum absolute atomic E-state index is 0.0789. The molecule has 1 unspecified atom stereocenters. The molecule has 0 radical (unpaired) electrons. The van der Waals surface area contributed by atoms with Gasteiger partial charge in [0.1, 0.15) is 6.04 Å². The lowest BCUT2D eigenvalue weighted by atomic mass is 10.0. The van der Waals surface area contributed by atoms with Crippen molar-refractivity contribution < 1.29 is 9.53 Å². The molecule has 106 valence electrons. The summed E-state index contributed by atoms with van der Waals surface area (Å²) in [5.41, 5.74) is 1.17. The molecule has 2 heterocycles. The number of imidazole rings is 1. The molecule has 2 rings (SSSR count). The highest BCUT2D eigenvalue weighted by Crippen LogP contribution is 2.20. The molecule has 0 bridgehead atoms. The summed E-state index contributed by atoms with van der Waals surface area (Å²) < 4.78 is 7.31. The predicted octanol–water partition coefficient (Wildman–Crippen LogP) is 1.82. The SMILES string of the molecule is CCOC(=O)C1CCCCN1Cc1cncn1CC. The van der Waals surface area contributed by atoms with E-state index in [-0.39, 0.29) is 12.0 Å². The number of ether oxygens (including phenoxy) is 1. The van der Waals surface area contributed by atoms with Crippen molar-refractivity contribution in [1.29, 1.82) is 0 Å². The summed E-state index contributed by atoms with van der Waals surface area (Å²) in [4.78, 5) is 18.4. The van der Waals surface area contributed by atoms with E-state index in [4.69, 9.17) is 4.74 Å². The van der Waals surface area contributed by atoms with E-state index in [1.165, 1.54) is 5.69 Å². The van der Waals surface area contributed by atoms with Crippen LogP contribution in [0.1, 0.15) is 38.8 Å². The van der Waals surface area contributed by atoms with Crippen LogP contribution in [0.3, 0.4) is 0 Å². The molecule has 0 saturated carbocycles. The van der Waals surface area contributed by atoms with E-state index < -0.39 is 0 Å². The molecule has 0 amide bonds. The van der Waals surface area contributed by atoms with Crippen molar-refractivity contribution in [2.45, 2.75) is 52.2 Å². The van der Waals surface area contributed by atoms with E-state index in [0.29, 0.717) is 6.61 Å². The van der Waals surface area contributed by atoms with E-state index >= 15 is 0 Å². The van der Waals surface area contributed by atoms with Crippen LogP contribution in [0.2, 0.25) is 0 Å². The molecule has 1 aliphatic heterocycles. The summed E-state index contributed by atoms with van der Waals surface area (Å²) in [7, 11) is 0. The van der Waals surface area contributed by atoms with Crippen molar-refractivity contribution in [1.82, 2.24) is 14.5 Å². The molecule has 0 spiro atoms. The van der Waals surface area contributed by atoms with Crippen LogP contribution in [0.15, 0.2) is 12.5 Å². The Hall–Kier alpha value is -1.36. The largest absolute Gasteiger partial charge is 0.465 e. The van der Waals surface area contributed by atoms with Gasteiger partial charge in [-0.15, -0.1) is 0 Å². The summed E-state index contributed by atoms with van der Waals surface area (Å²) in [6.07, 6.45) is 6.89. The Bertz CT molecular complexity index is 417. The first-order chi connectivity index (χ1) is 9.26. The van der Waals surface area contributed by atoms with Gasteiger partial charge in [0, 0.05) is 19.3 Å². The van der Waals surface area contributed by atoms with Crippen molar-refractivity contribution in [3.8, 4) is 0 Å². The number of aromatic nitrogens is 2. The van der Waals surface area contributed by atoms with E-state index in [2.05, 4.69) is 21.4 Å². The number of hydrogen-bond acceptors (Lipinski definition) is 4.